The molecule has 0 bridgehead atoms. The molecule has 3 N–H and O–H groups in total. The summed E-state index contributed by atoms with van der Waals surface area (Å²) in [5.74, 6) is -0.415. The first-order valence-electron chi connectivity index (χ1n) is 10.1. The molecule has 1 heterocycles. The lowest BCUT2D eigenvalue weighted by Crippen LogP contribution is -2.16. The Hall–Kier alpha value is -3.95. The average Bonchev–Trinajstić information content (AvgIpc) is 2.82. The van der Waals surface area contributed by atoms with Crippen LogP contribution in [-0.2, 0) is 6.18 Å². The first-order chi connectivity index (χ1) is 17.0. The number of phenolic OH excluding ortho intramolecular Hbond substituents is 1. The summed E-state index contributed by atoms with van der Waals surface area (Å²) in [5, 5.41) is 12.2. The van der Waals surface area contributed by atoms with E-state index < -0.39 is 23.2 Å². The zero-order valence-corrected chi connectivity index (χ0v) is 19.7. The Morgan fingerprint density at radius 3 is 2.06 bits per heavy atom. The maximum Gasteiger partial charge on any atom is 0.416 e. The normalized spacial score (nSPS) is 10.7. The van der Waals surface area contributed by atoms with Gasteiger partial charge in [0.15, 0.2) is 0 Å². The molecule has 0 saturated heterocycles. The van der Waals surface area contributed by atoms with Gasteiger partial charge in [-0.2, -0.15) is 13.2 Å². The quantitative estimate of drug-likeness (QED) is 0.258. The highest BCUT2D eigenvalue weighted by atomic mass is 35.5. The Kier molecular flexibility index (Phi) is 8.63. The number of phenols is 1. The maximum atomic E-state index is 13.1. The summed E-state index contributed by atoms with van der Waals surface area (Å²) >= 11 is 11.3. The zero-order valence-electron chi connectivity index (χ0n) is 18.1. The SMILES string of the molecule is O=C(Nc1cc[nH]c(=O)c1)c1cc(C(F)(F)F)ccc1Oc1ccc(Cl)cc1.Oc1ccc(Cl)cc1. The van der Waals surface area contributed by atoms with E-state index in [0.29, 0.717) is 16.1 Å². The van der Waals surface area contributed by atoms with E-state index in [0.717, 1.165) is 18.2 Å². The number of alkyl halides is 3. The van der Waals surface area contributed by atoms with Gasteiger partial charge in [0, 0.05) is 28.0 Å². The number of aromatic amines is 1. The van der Waals surface area contributed by atoms with E-state index >= 15 is 0 Å². The molecule has 1 amide bonds. The van der Waals surface area contributed by atoms with Crippen molar-refractivity contribution in [2.75, 3.05) is 5.32 Å². The van der Waals surface area contributed by atoms with Gasteiger partial charge in [-0.3, -0.25) is 9.59 Å². The molecule has 0 saturated carbocycles. The molecule has 6 nitrogen and oxygen atoms in total. The Balaban J connectivity index is 0.000000383. The summed E-state index contributed by atoms with van der Waals surface area (Å²) in [6.45, 7) is 0. The number of rotatable bonds is 4. The van der Waals surface area contributed by atoms with E-state index in [9.17, 15) is 22.8 Å². The zero-order chi connectivity index (χ0) is 26.3. The molecule has 1 aromatic heterocycles. The number of amides is 1. The molecule has 0 aliphatic rings. The number of aromatic hydroxyl groups is 1. The number of ether oxygens (including phenoxy) is 1. The molecule has 4 rings (SSSR count). The molecule has 0 radical (unpaired) electrons. The predicted molar refractivity (Wildman–Crippen MR) is 131 cm³/mol. The topological polar surface area (TPSA) is 91.4 Å². The minimum atomic E-state index is -4.64. The highest BCUT2D eigenvalue weighted by molar-refractivity contribution is 6.30. The van der Waals surface area contributed by atoms with Gasteiger partial charge in [-0.05, 0) is 72.8 Å². The molecule has 0 aliphatic carbocycles. The van der Waals surface area contributed by atoms with Crippen molar-refractivity contribution in [1.82, 2.24) is 4.98 Å². The number of benzene rings is 3. The Morgan fingerprint density at radius 1 is 0.889 bits per heavy atom. The summed E-state index contributed by atoms with van der Waals surface area (Å²) in [7, 11) is 0. The van der Waals surface area contributed by atoms with Crippen LogP contribution in [0.5, 0.6) is 17.2 Å². The highest BCUT2D eigenvalue weighted by Gasteiger charge is 2.32. The Morgan fingerprint density at radius 2 is 1.50 bits per heavy atom. The van der Waals surface area contributed by atoms with Gasteiger partial charge in [0.25, 0.3) is 5.91 Å². The van der Waals surface area contributed by atoms with Crippen LogP contribution in [0.3, 0.4) is 0 Å². The summed E-state index contributed by atoms with van der Waals surface area (Å²) in [6.07, 6.45) is -3.34. The number of nitrogens with one attached hydrogen (secondary N) is 2. The molecule has 0 atom stereocenters. The number of anilines is 1. The van der Waals surface area contributed by atoms with Crippen LogP contribution in [0, 0.1) is 0 Å². The van der Waals surface area contributed by atoms with E-state index in [4.69, 9.17) is 33.0 Å². The Labute approximate surface area is 212 Å². The fourth-order valence-electron chi connectivity index (χ4n) is 2.76. The molecule has 0 spiro atoms. The summed E-state index contributed by atoms with van der Waals surface area (Å²) in [5.41, 5.74) is -1.69. The molecule has 4 aromatic rings. The fourth-order valence-corrected chi connectivity index (χ4v) is 3.02. The third kappa shape index (κ3) is 7.79. The smallest absolute Gasteiger partial charge is 0.416 e. The van der Waals surface area contributed by atoms with Crippen LogP contribution in [0.15, 0.2) is 89.9 Å². The second kappa shape index (κ2) is 11.7. The first kappa shape index (κ1) is 26.7. The van der Waals surface area contributed by atoms with Crippen molar-refractivity contribution in [3.63, 3.8) is 0 Å². The number of pyridine rings is 1. The van der Waals surface area contributed by atoms with Gasteiger partial charge < -0.3 is 20.1 Å². The lowest BCUT2D eigenvalue weighted by molar-refractivity contribution is -0.137. The van der Waals surface area contributed by atoms with Gasteiger partial charge in [0.05, 0.1) is 11.1 Å². The summed E-state index contributed by atoms with van der Waals surface area (Å²) in [4.78, 5) is 26.3. The largest absolute Gasteiger partial charge is 0.508 e. The van der Waals surface area contributed by atoms with Crippen molar-refractivity contribution in [3.8, 4) is 17.2 Å². The summed E-state index contributed by atoms with van der Waals surface area (Å²) < 4.78 is 44.8. The van der Waals surface area contributed by atoms with Gasteiger partial charge in [-0.25, -0.2) is 0 Å². The van der Waals surface area contributed by atoms with Gasteiger partial charge in [-0.15, -0.1) is 0 Å². The maximum absolute atomic E-state index is 13.1. The molecular weight excluding hydrogens is 520 g/mol. The van der Waals surface area contributed by atoms with E-state index in [1.165, 1.54) is 36.5 Å². The van der Waals surface area contributed by atoms with Gasteiger partial charge >= 0.3 is 6.18 Å². The van der Waals surface area contributed by atoms with Crippen LogP contribution in [0.4, 0.5) is 18.9 Å². The van der Waals surface area contributed by atoms with Crippen LogP contribution in [0.1, 0.15) is 15.9 Å². The van der Waals surface area contributed by atoms with Crippen LogP contribution in [-0.4, -0.2) is 16.0 Å². The molecule has 36 heavy (non-hydrogen) atoms. The lowest BCUT2D eigenvalue weighted by atomic mass is 10.1. The predicted octanol–water partition coefficient (Wildman–Crippen LogP) is 7.14. The standard InChI is InChI=1S/C19H12ClF3N2O3.C6H5ClO/c20-12-2-4-14(5-3-12)28-16-6-1-11(19(21,22)23)9-15(16)18(27)25-13-7-8-24-17(26)10-13;7-5-1-3-6(8)4-2-5/h1-10H,(H2,24,25,26,27);1-4,8H. The van der Waals surface area contributed by atoms with E-state index in [1.807, 2.05) is 0 Å². The summed E-state index contributed by atoms with van der Waals surface area (Å²) in [6, 6.07) is 17.5. The van der Waals surface area contributed by atoms with Crippen LogP contribution < -0.4 is 15.6 Å². The number of aromatic nitrogens is 1. The molecule has 0 unspecified atom stereocenters. The molecule has 0 fully saturated rings. The Bertz CT molecular complexity index is 1370. The van der Waals surface area contributed by atoms with Crippen LogP contribution in [0.25, 0.3) is 0 Å². The van der Waals surface area contributed by atoms with Crippen molar-refractivity contribution >= 4 is 34.8 Å². The van der Waals surface area contributed by atoms with Crippen molar-refractivity contribution in [2.45, 2.75) is 6.18 Å². The monoisotopic (exact) mass is 536 g/mol. The van der Waals surface area contributed by atoms with Crippen LogP contribution >= 0.6 is 23.2 Å². The molecule has 11 heteroatoms. The minimum absolute atomic E-state index is 0.0855. The van der Waals surface area contributed by atoms with Crippen molar-refractivity contribution in [1.29, 1.82) is 0 Å². The number of H-pyrrole nitrogens is 1. The number of halogens is 5. The fraction of sp³-hybridized carbons (Fsp3) is 0.0400. The van der Waals surface area contributed by atoms with Crippen LogP contribution in [0.2, 0.25) is 10.0 Å². The molecular formula is C25H17Cl2F3N2O4. The van der Waals surface area contributed by atoms with Gasteiger partial charge in [0.1, 0.15) is 17.2 Å². The van der Waals surface area contributed by atoms with Crippen molar-refractivity contribution in [2.24, 2.45) is 0 Å². The van der Waals surface area contributed by atoms with Gasteiger partial charge in [0.2, 0.25) is 5.56 Å². The highest BCUT2D eigenvalue weighted by Crippen LogP contribution is 2.34. The molecule has 3 aromatic carbocycles. The van der Waals surface area contributed by atoms with Crippen molar-refractivity contribution < 1.29 is 27.8 Å². The molecule has 186 valence electrons. The number of hydrogen-bond acceptors (Lipinski definition) is 4. The number of carbonyl (C=O) groups is 1. The minimum Gasteiger partial charge on any atom is -0.508 e. The third-order valence-corrected chi connectivity index (χ3v) is 4.96. The number of carbonyl (C=O) groups excluding carboxylic acids is 1. The number of hydrogen-bond donors (Lipinski definition) is 3. The third-order valence-electron chi connectivity index (χ3n) is 4.45. The average molecular weight is 537 g/mol. The van der Waals surface area contributed by atoms with Gasteiger partial charge in [-0.1, -0.05) is 23.2 Å². The van der Waals surface area contributed by atoms with Crippen molar-refractivity contribution in [3.05, 3.63) is 117 Å². The second-order valence-electron chi connectivity index (χ2n) is 7.14. The second-order valence-corrected chi connectivity index (χ2v) is 8.01. The van der Waals surface area contributed by atoms with E-state index in [2.05, 4.69) is 10.3 Å². The first-order valence-corrected chi connectivity index (χ1v) is 10.9. The lowest BCUT2D eigenvalue weighted by Gasteiger charge is -2.14. The molecule has 0 aliphatic heterocycles. The van der Waals surface area contributed by atoms with E-state index in [-0.39, 0.29) is 28.5 Å². The van der Waals surface area contributed by atoms with E-state index in [1.54, 1.807) is 24.3 Å².